The van der Waals surface area contributed by atoms with Crippen molar-refractivity contribution in [2.45, 2.75) is 51.0 Å². The molecule has 2 unspecified atom stereocenters. The Balaban J connectivity index is 1.65. The third-order valence-corrected chi connectivity index (χ3v) is 7.12. The van der Waals surface area contributed by atoms with Gasteiger partial charge in [-0.2, -0.15) is 0 Å². The molecule has 2 aromatic rings. The Morgan fingerprint density at radius 2 is 1.69 bits per heavy atom. The lowest BCUT2D eigenvalue weighted by atomic mass is 9.66. The zero-order chi connectivity index (χ0) is 20.4. The largest absolute Gasteiger partial charge is 0.497 e. The highest BCUT2D eigenvalue weighted by Gasteiger charge is 2.46. The second kappa shape index (κ2) is 8.49. The van der Waals surface area contributed by atoms with E-state index in [1.807, 2.05) is 12.1 Å². The number of piperidine rings is 3. The van der Waals surface area contributed by atoms with Crippen molar-refractivity contribution in [3.63, 3.8) is 0 Å². The van der Waals surface area contributed by atoms with Crippen molar-refractivity contribution in [3.05, 3.63) is 65.2 Å². The van der Waals surface area contributed by atoms with Gasteiger partial charge < -0.3 is 14.7 Å². The lowest BCUT2D eigenvalue weighted by molar-refractivity contribution is -0.0956. The third-order valence-electron chi connectivity index (χ3n) is 7.12. The molecule has 3 saturated heterocycles. The van der Waals surface area contributed by atoms with E-state index in [0.717, 1.165) is 17.9 Å². The number of hydrogen-bond donors (Lipinski definition) is 1. The van der Waals surface area contributed by atoms with Gasteiger partial charge in [0.2, 0.25) is 0 Å². The van der Waals surface area contributed by atoms with Crippen LogP contribution in [0.2, 0.25) is 0 Å². The number of nitrogens with zero attached hydrogens (tertiary/aromatic N) is 1. The number of rotatable bonds is 7. The van der Waals surface area contributed by atoms with Crippen LogP contribution < -0.4 is 4.74 Å². The highest BCUT2D eigenvalue weighted by atomic mass is 16.5. The Morgan fingerprint density at radius 3 is 2.28 bits per heavy atom. The summed E-state index contributed by atoms with van der Waals surface area (Å²) in [6.07, 6.45) is 3.82. The van der Waals surface area contributed by atoms with E-state index < -0.39 is 5.60 Å². The smallest absolute Gasteiger partial charge is 0.119 e. The van der Waals surface area contributed by atoms with Crippen LogP contribution in [-0.2, 0) is 12.8 Å². The van der Waals surface area contributed by atoms with E-state index >= 15 is 0 Å². The standard InChI is InChI=1S/C26H35NO2/c1-19(2)23-8-4-6-20(14-23)16-26(28,17-21-7-5-9-24(15-21)29-3)25-18-27-12-10-22(25)11-13-27/h4-9,14-15,19,22,25,28H,10-13,16-18H2,1-3H3. The van der Waals surface area contributed by atoms with Crippen LogP contribution in [0.15, 0.2) is 48.5 Å². The second-order valence-corrected chi connectivity index (χ2v) is 9.45. The Hall–Kier alpha value is -1.84. The van der Waals surface area contributed by atoms with Crippen LogP contribution >= 0.6 is 0 Å². The molecule has 0 saturated carbocycles. The summed E-state index contributed by atoms with van der Waals surface area (Å²) >= 11 is 0. The summed E-state index contributed by atoms with van der Waals surface area (Å²) in [5.74, 6) is 2.31. The minimum atomic E-state index is -0.744. The van der Waals surface area contributed by atoms with Crippen molar-refractivity contribution in [1.29, 1.82) is 0 Å². The van der Waals surface area contributed by atoms with Gasteiger partial charge in [0.1, 0.15) is 5.75 Å². The molecule has 0 aliphatic carbocycles. The highest BCUT2D eigenvalue weighted by Crippen LogP contribution is 2.42. The molecule has 3 aliphatic heterocycles. The van der Waals surface area contributed by atoms with Gasteiger partial charge in [-0.3, -0.25) is 0 Å². The molecular weight excluding hydrogens is 358 g/mol. The molecule has 2 bridgehead atoms. The van der Waals surface area contributed by atoms with Gasteiger partial charge in [0.25, 0.3) is 0 Å². The zero-order valence-corrected chi connectivity index (χ0v) is 18.1. The Kier molecular flexibility index (Phi) is 5.98. The Bertz CT molecular complexity index is 825. The van der Waals surface area contributed by atoms with Crippen LogP contribution in [0.1, 0.15) is 49.3 Å². The summed E-state index contributed by atoms with van der Waals surface area (Å²) in [6, 6.07) is 17.0. The molecule has 3 fully saturated rings. The molecular formula is C26H35NO2. The first-order valence-corrected chi connectivity index (χ1v) is 11.1. The fourth-order valence-corrected chi connectivity index (χ4v) is 5.45. The highest BCUT2D eigenvalue weighted by molar-refractivity contribution is 5.32. The van der Waals surface area contributed by atoms with E-state index in [1.54, 1.807) is 7.11 Å². The first kappa shape index (κ1) is 20.4. The summed E-state index contributed by atoms with van der Waals surface area (Å²) in [5.41, 5.74) is 3.01. The van der Waals surface area contributed by atoms with Crippen LogP contribution in [0.5, 0.6) is 5.75 Å². The number of fused-ring (bicyclic) bond motifs is 3. The Morgan fingerprint density at radius 1 is 1.03 bits per heavy atom. The molecule has 0 radical (unpaired) electrons. The molecule has 0 amide bonds. The summed E-state index contributed by atoms with van der Waals surface area (Å²) in [5, 5.41) is 12.2. The van der Waals surface area contributed by atoms with Crippen molar-refractivity contribution >= 4 is 0 Å². The van der Waals surface area contributed by atoms with Crippen LogP contribution in [0.25, 0.3) is 0 Å². The van der Waals surface area contributed by atoms with Gasteiger partial charge >= 0.3 is 0 Å². The molecule has 1 N–H and O–H groups in total. The first-order chi connectivity index (χ1) is 14.0. The monoisotopic (exact) mass is 393 g/mol. The normalized spacial score (nSPS) is 25.8. The minimum Gasteiger partial charge on any atom is -0.497 e. The lowest BCUT2D eigenvalue weighted by Crippen LogP contribution is -2.58. The lowest BCUT2D eigenvalue weighted by Gasteiger charge is -2.51. The molecule has 3 heteroatoms. The minimum absolute atomic E-state index is 0.318. The molecule has 3 aliphatic rings. The van der Waals surface area contributed by atoms with Crippen LogP contribution in [0, 0.1) is 11.8 Å². The number of methoxy groups -OCH3 is 1. The van der Waals surface area contributed by atoms with Gasteiger partial charge in [-0.25, -0.2) is 0 Å². The predicted molar refractivity (Wildman–Crippen MR) is 119 cm³/mol. The maximum absolute atomic E-state index is 12.2. The van der Waals surface area contributed by atoms with Gasteiger partial charge in [-0.1, -0.05) is 50.2 Å². The molecule has 5 rings (SSSR count). The molecule has 156 valence electrons. The van der Waals surface area contributed by atoms with Gasteiger partial charge in [0.05, 0.1) is 12.7 Å². The number of hydrogen-bond acceptors (Lipinski definition) is 3. The average molecular weight is 394 g/mol. The van der Waals surface area contributed by atoms with E-state index in [4.69, 9.17) is 4.74 Å². The fraction of sp³-hybridized carbons (Fsp3) is 0.538. The molecule has 0 aromatic heterocycles. The van der Waals surface area contributed by atoms with E-state index in [0.29, 0.717) is 30.6 Å². The first-order valence-electron chi connectivity index (χ1n) is 11.1. The maximum Gasteiger partial charge on any atom is 0.119 e. The van der Waals surface area contributed by atoms with Crippen molar-refractivity contribution in [3.8, 4) is 5.75 Å². The average Bonchev–Trinajstić information content (AvgIpc) is 2.74. The molecule has 2 aromatic carbocycles. The quantitative estimate of drug-likeness (QED) is 0.742. The van der Waals surface area contributed by atoms with E-state index in [-0.39, 0.29) is 0 Å². The van der Waals surface area contributed by atoms with Crippen molar-refractivity contribution in [2.75, 3.05) is 26.7 Å². The molecule has 29 heavy (non-hydrogen) atoms. The van der Waals surface area contributed by atoms with Gasteiger partial charge in [-0.05, 0) is 66.6 Å². The molecule has 3 nitrogen and oxygen atoms in total. The van der Waals surface area contributed by atoms with E-state index in [1.165, 1.54) is 37.1 Å². The third kappa shape index (κ3) is 4.51. The summed E-state index contributed by atoms with van der Waals surface area (Å²) < 4.78 is 5.43. The number of ether oxygens (including phenoxy) is 1. The topological polar surface area (TPSA) is 32.7 Å². The summed E-state index contributed by atoms with van der Waals surface area (Å²) in [6.45, 7) is 7.87. The zero-order valence-electron chi connectivity index (χ0n) is 18.1. The van der Waals surface area contributed by atoms with Crippen LogP contribution in [0.3, 0.4) is 0 Å². The predicted octanol–water partition coefficient (Wildman–Crippen LogP) is 4.68. The maximum atomic E-state index is 12.2. The molecule has 3 heterocycles. The summed E-state index contributed by atoms with van der Waals surface area (Å²) in [4.78, 5) is 2.55. The number of aliphatic hydroxyl groups is 1. The number of benzene rings is 2. The Labute approximate surface area is 175 Å². The van der Waals surface area contributed by atoms with Crippen molar-refractivity contribution in [2.24, 2.45) is 11.8 Å². The van der Waals surface area contributed by atoms with Gasteiger partial charge in [0, 0.05) is 25.3 Å². The van der Waals surface area contributed by atoms with Crippen LogP contribution in [0.4, 0.5) is 0 Å². The summed E-state index contributed by atoms with van der Waals surface area (Å²) in [7, 11) is 1.70. The SMILES string of the molecule is COc1cccc(CC(O)(Cc2cccc(C(C)C)c2)C2CN3CCC2CC3)c1. The van der Waals surface area contributed by atoms with Crippen LogP contribution in [-0.4, -0.2) is 42.4 Å². The van der Waals surface area contributed by atoms with Crippen molar-refractivity contribution < 1.29 is 9.84 Å². The van der Waals surface area contributed by atoms with E-state index in [9.17, 15) is 5.11 Å². The van der Waals surface area contributed by atoms with Gasteiger partial charge in [-0.15, -0.1) is 0 Å². The molecule has 0 spiro atoms. The second-order valence-electron chi connectivity index (χ2n) is 9.45. The van der Waals surface area contributed by atoms with E-state index in [2.05, 4.69) is 55.1 Å². The van der Waals surface area contributed by atoms with Gasteiger partial charge in [0.15, 0.2) is 0 Å². The van der Waals surface area contributed by atoms with Crippen molar-refractivity contribution in [1.82, 2.24) is 4.90 Å². The molecule has 2 atom stereocenters. The fourth-order valence-electron chi connectivity index (χ4n) is 5.45.